The van der Waals surface area contributed by atoms with Crippen molar-refractivity contribution in [3.05, 3.63) is 78.0 Å². The summed E-state index contributed by atoms with van der Waals surface area (Å²) in [6, 6.07) is 7.71. The Morgan fingerprint density at radius 3 is 2.84 bits per heavy atom. The highest BCUT2D eigenvalue weighted by Gasteiger charge is 2.10. The standard InChI is InChI=1S/C17H13FN6O/c18-12-4-2-1-3-11(12)13(19)5-6-15-21-9-16(23-15)24-17(25)14-7-8-20-10-22-14/h1-10,19H,(H,21,23)(H,24,25)/p+1/b6-5-,19-13?. The molecule has 3 rings (SSSR count). The Morgan fingerprint density at radius 1 is 1.24 bits per heavy atom. The van der Waals surface area contributed by atoms with E-state index >= 15 is 0 Å². The van der Waals surface area contributed by atoms with Gasteiger partial charge in [-0.15, -0.1) is 0 Å². The van der Waals surface area contributed by atoms with E-state index in [-0.39, 0.29) is 17.3 Å². The molecule has 0 aliphatic carbocycles. The number of allylic oxidation sites excluding steroid dienone is 1. The van der Waals surface area contributed by atoms with E-state index in [0.717, 1.165) is 0 Å². The minimum atomic E-state index is -0.401. The molecule has 0 saturated heterocycles. The lowest BCUT2D eigenvalue weighted by atomic mass is 10.1. The molecule has 124 valence electrons. The third-order valence-electron chi connectivity index (χ3n) is 3.26. The summed E-state index contributed by atoms with van der Waals surface area (Å²) >= 11 is 0. The molecular weight excluding hydrogens is 323 g/mol. The van der Waals surface area contributed by atoms with E-state index in [0.29, 0.717) is 17.2 Å². The van der Waals surface area contributed by atoms with Crippen LogP contribution in [0.3, 0.4) is 0 Å². The fraction of sp³-hybridized carbons (Fsp3) is 0. The number of carbonyl (C=O) groups is 1. The molecule has 0 unspecified atom stereocenters. The van der Waals surface area contributed by atoms with Gasteiger partial charge in [-0.25, -0.2) is 19.3 Å². The molecule has 7 nitrogen and oxygen atoms in total. The number of aromatic nitrogens is 4. The van der Waals surface area contributed by atoms with Gasteiger partial charge in [0.25, 0.3) is 5.91 Å². The molecule has 0 fully saturated rings. The van der Waals surface area contributed by atoms with Crippen molar-refractivity contribution in [2.75, 3.05) is 5.32 Å². The molecule has 0 saturated carbocycles. The van der Waals surface area contributed by atoms with Gasteiger partial charge < -0.3 is 10.3 Å². The highest BCUT2D eigenvalue weighted by atomic mass is 19.1. The third kappa shape index (κ3) is 3.99. The van der Waals surface area contributed by atoms with Crippen LogP contribution in [0.5, 0.6) is 0 Å². The molecule has 2 aromatic heterocycles. The fourth-order valence-electron chi connectivity index (χ4n) is 2.05. The van der Waals surface area contributed by atoms with Crippen LogP contribution in [0.4, 0.5) is 10.2 Å². The van der Waals surface area contributed by atoms with Crippen LogP contribution in [0.25, 0.3) is 6.08 Å². The van der Waals surface area contributed by atoms with Crippen LogP contribution in [0.1, 0.15) is 21.9 Å². The molecule has 8 heteroatoms. The van der Waals surface area contributed by atoms with Gasteiger partial charge in [-0.1, -0.05) is 12.1 Å². The van der Waals surface area contributed by atoms with E-state index in [1.54, 1.807) is 24.3 Å². The van der Waals surface area contributed by atoms with Gasteiger partial charge in [-0.3, -0.25) is 10.2 Å². The number of hydrogen-bond donors (Lipinski definition) is 3. The summed E-state index contributed by atoms with van der Waals surface area (Å²) in [6.45, 7) is 0. The van der Waals surface area contributed by atoms with Crippen molar-refractivity contribution in [3.63, 3.8) is 0 Å². The largest absolute Gasteiger partial charge is 0.325 e. The van der Waals surface area contributed by atoms with Crippen LogP contribution in [-0.2, 0) is 0 Å². The average Bonchev–Trinajstić information content (AvgIpc) is 3.08. The molecule has 25 heavy (non-hydrogen) atoms. The number of amides is 1. The molecule has 1 aromatic carbocycles. The van der Waals surface area contributed by atoms with E-state index in [1.165, 1.54) is 36.9 Å². The first-order valence-corrected chi connectivity index (χ1v) is 7.31. The van der Waals surface area contributed by atoms with Crippen LogP contribution >= 0.6 is 0 Å². The Labute approximate surface area is 142 Å². The SMILES string of the molecule is [NH2+]=C(/C=C\c1ncc(NC(=O)c2ccncn2)[nH]1)c1ccccc1F. The lowest BCUT2D eigenvalue weighted by Crippen LogP contribution is -2.39. The molecule has 0 radical (unpaired) electrons. The number of nitrogens with one attached hydrogen (secondary N) is 2. The second kappa shape index (κ2) is 7.26. The van der Waals surface area contributed by atoms with E-state index in [1.807, 2.05) is 0 Å². The lowest BCUT2D eigenvalue weighted by Gasteiger charge is -2.00. The van der Waals surface area contributed by atoms with Crippen molar-refractivity contribution >= 4 is 23.5 Å². The van der Waals surface area contributed by atoms with E-state index in [2.05, 4.69) is 25.3 Å². The normalized spacial score (nSPS) is 10.8. The monoisotopic (exact) mass is 337 g/mol. The number of aromatic amines is 1. The second-order valence-electron chi connectivity index (χ2n) is 5.00. The van der Waals surface area contributed by atoms with Crippen molar-refractivity contribution in [2.45, 2.75) is 0 Å². The summed E-state index contributed by atoms with van der Waals surface area (Å²) in [5.74, 6) is 0.0610. The number of H-pyrrole nitrogens is 1. The van der Waals surface area contributed by atoms with Crippen LogP contribution < -0.4 is 10.7 Å². The van der Waals surface area contributed by atoms with E-state index < -0.39 is 5.82 Å². The number of halogens is 1. The molecule has 0 bridgehead atoms. The number of imidazole rings is 1. The summed E-state index contributed by atoms with van der Waals surface area (Å²) in [5, 5.41) is 8.50. The topological polar surface area (TPSA) is 109 Å². The van der Waals surface area contributed by atoms with Crippen LogP contribution in [0.15, 0.2) is 55.1 Å². The fourth-order valence-corrected chi connectivity index (χ4v) is 2.05. The Bertz CT molecular complexity index is 935. The summed E-state index contributed by atoms with van der Waals surface area (Å²) < 4.78 is 13.7. The lowest BCUT2D eigenvalue weighted by molar-refractivity contribution is -0.111. The molecule has 1 amide bonds. The molecule has 0 aliphatic heterocycles. The number of carbonyl (C=O) groups excluding carboxylic acids is 1. The Hall–Kier alpha value is -3.68. The summed E-state index contributed by atoms with van der Waals surface area (Å²) in [7, 11) is 0. The molecular formula is C17H14FN6O+. The van der Waals surface area contributed by atoms with Crippen molar-refractivity contribution in [2.24, 2.45) is 0 Å². The highest BCUT2D eigenvalue weighted by molar-refractivity contribution is 6.06. The first-order chi connectivity index (χ1) is 12.1. The summed E-state index contributed by atoms with van der Waals surface area (Å²) in [6.07, 6.45) is 7.34. The Kier molecular flexibility index (Phi) is 4.70. The van der Waals surface area contributed by atoms with Crippen molar-refractivity contribution in [1.29, 1.82) is 0 Å². The van der Waals surface area contributed by atoms with Crippen LogP contribution in [0, 0.1) is 5.82 Å². The van der Waals surface area contributed by atoms with Gasteiger partial charge >= 0.3 is 0 Å². The summed E-state index contributed by atoms with van der Waals surface area (Å²) in [5.41, 5.74) is 0.808. The maximum atomic E-state index is 13.7. The highest BCUT2D eigenvalue weighted by Crippen LogP contribution is 2.09. The zero-order chi connectivity index (χ0) is 17.6. The van der Waals surface area contributed by atoms with Gasteiger partial charge in [0, 0.05) is 12.3 Å². The molecule has 0 atom stereocenters. The van der Waals surface area contributed by atoms with Crippen molar-refractivity contribution < 1.29 is 14.6 Å². The summed E-state index contributed by atoms with van der Waals surface area (Å²) in [4.78, 5) is 26.6. The predicted octanol–water partition coefficient (Wildman–Crippen LogP) is 0.853. The number of anilines is 1. The minimum absolute atomic E-state index is 0.235. The van der Waals surface area contributed by atoms with Crippen molar-refractivity contribution in [1.82, 2.24) is 19.9 Å². The van der Waals surface area contributed by atoms with Gasteiger partial charge in [0.1, 0.15) is 29.5 Å². The smallest absolute Gasteiger partial charge is 0.275 e. The maximum Gasteiger partial charge on any atom is 0.275 e. The third-order valence-corrected chi connectivity index (χ3v) is 3.26. The van der Waals surface area contributed by atoms with E-state index in [9.17, 15) is 9.18 Å². The molecule has 2 heterocycles. The first-order valence-electron chi connectivity index (χ1n) is 7.31. The predicted molar refractivity (Wildman–Crippen MR) is 90.0 cm³/mol. The second-order valence-corrected chi connectivity index (χ2v) is 5.00. The van der Waals surface area contributed by atoms with Gasteiger partial charge in [0.15, 0.2) is 0 Å². The molecule has 3 aromatic rings. The number of hydrogen-bond acceptors (Lipinski definition) is 4. The number of benzene rings is 1. The first kappa shape index (κ1) is 16.2. The molecule has 0 aliphatic rings. The number of nitrogens with zero attached hydrogens (tertiary/aromatic N) is 3. The number of nitrogens with two attached hydrogens (primary N) is 1. The minimum Gasteiger partial charge on any atom is -0.325 e. The van der Waals surface area contributed by atoms with Gasteiger partial charge in [0.05, 0.1) is 11.8 Å². The Morgan fingerprint density at radius 2 is 2.08 bits per heavy atom. The number of rotatable bonds is 5. The van der Waals surface area contributed by atoms with Gasteiger partial charge in [-0.2, -0.15) is 0 Å². The Balaban J connectivity index is 1.67. The van der Waals surface area contributed by atoms with Crippen molar-refractivity contribution in [3.8, 4) is 0 Å². The van der Waals surface area contributed by atoms with Gasteiger partial charge in [-0.05, 0) is 24.3 Å². The van der Waals surface area contributed by atoms with Gasteiger partial charge in [0.2, 0.25) is 5.71 Å². The molecule has 0 spiro atoms. The quantitative estimate of drug-likeness (QED) is 0.600. The average molecular weight is 337 g/mol. The maximum absolute atomic E-state index is 13.7. The van der Waals surface area contributed by atoms with Crippen LogP contribution in [0.2, 0.25) is 0 Å². The van der Waals surface area contributed by atoms with Crippen LogP contribution in [-0.4, -0.2) is 31.6 Å². The zero-order valence-corrected chi connectivity index (χ0v) is 13.0. The zero-order valence-electron chi connectivity index (χ0n) is 13.0. The van der Waals surface area contributed by atoms with E-state index in [4.69, 9.17) is 5.41 Å². The molecule has 4 N–H and O–H groups in total.